The summed E-state index contributed by atoms with van der Waals surface area (Å²) in [4.78, 5) is 26.3. The van der Waals surface area contributed by atoms with E-state index >= 15 is 0 Å². The fourth-order valence-electron chi connectivity index (χ4n) is 3.39. The Balaban J connectivity index is 1.47. The summed E-state index contributed by atoms with van der Waals surface area (Å²) in [7, 11) is 1.58. The Bertz CT molecular complexity index is 907. The van der Waals surface area contributed by atoms with Crippen LogP contribution in [0, 0.1) is 0 Å². The van der Waals surface area contributed by atoms with E-state index in [1.807, 2.05) is 18.2 Å². The Morgan fingerprint density at radius 3 is 2.73 bits per heavy atom. The number of morpholine rings is 1. The highest BCUT2D eigenvalue weighted by molar-refractivity contribution is 6.42. The average Bonchev–Trinajstić information content (AvgIpc) is 2.75. The third-order valence-electron chi connectivity index (χ3n) is 4.92. The molecule has 1 saturated heterocycles. The summed E-state index contributed by atoms with van der Waals surface area (Å²) in [6.07, 6.45) is 0.132. The molecule has 3 rings (SSSR count). The smallest absolute Gasteiger partial charge is 0.251 e. The van der Waals surface area contributed by atoms with Gasteiger partial charge >= 0.3 is 0 Å². The largest absolute Gasteiger partial charge is 0.374 e. The number of halogens is 2. The molecule has 2 amide bonds. The van der Waals surface area contributed by atoms with Gasteiger partial charge in [-0.15, -0.1) is 0 Å². The second-order valence-corrected chi connectivity index (χ2v) is 8.05. The van der Waals surface area contributed by atoms with Gasteiger partial charge in [0, 0.05) is 38.8 Å². The molecule has 8 heteroatoms. The lowest BCUT2D eigenvalue weighted by Crippen LogP contribution is -2.47. The molecule has 6 nitrogen and oxygen atoms in total. The van der Waals surface area contributed by atoms with E-state index in [0.717, 1.165) is 24.2 Å². The summed E-state index contributed by atoms with van der Waals surface area (Å²) < 4.78 is 5.80. The summed E-state index contributed by atoms with van der Waals surface area (Å²) >= 11 is 12.1. The van der Waals surface area contributed by atoms with Crippen LogP contribution in [0.25, 0.3) is 0 Å². The van der Waals surface area contributed by atoms with Crippen molar-refractivity contribution in [3.8, 4) is 0 Å². The summed E-state index contributed by atoms with van der Waals surface area (Å²) in [6, 6.07) is 12.7. The summed E-state index contributed by atoms with van der Waals surface area (Å²) in [5.74, 6) is -0.274. The zero-order valence-corrected chi connectivity index (χ0v) is 18.3. The lowest BCUT2D eigenvalue weighted by molar-refractivity contribution is -0.121. The number of carbonyl (C=O) groups is 2. The van der Waals surface area contributed by atoms with Crippen LogP contribution in [0.2, 0.25) is 10.0 Å². The normalized spacial score (nSPS) is 16.8. The van der Waals surface area contributed by atoms with Crippen LogP contribution >= 0.6 is 23.2 Å². The van der Waals surface area contributed by atoms with Crippen molar-refractivity contribution < 1.29 is 14.3 Å². The van der Waals surface area contributed by atoms with Gasteiger partial charge in [-0.05, 0) is 35.4 Å². The van der Waals surface area contributed by atoms with Crippen LogP contribution in [0.4, 0.5) is 0 Å². The van der Waals surface area contributed by atoms with Crippen LogP contribution in [-0.2, 0) is 22.5 Å². The van der Waals surface area contributed by atoms with Gasteiger partial charge in [0.1, 0.15) is 0 Å². The van der Waals surface area contributed by atoms with Gasteiger partial charge in [0.25, 0.3) is 5.91 Å². The fourth-order valence-corrected chi connectivity index (χ4v) is 3.71. The predicted molar refractivity (Wildman–Crippen MR) is 118 cm³/mol. The zero-order valence-electron chi connectivity index (χ0n) is 16.8. The maximum absolute atomic E-state index is 12.3. The summed E-state index contributed by atoms with van der Waals surface area (Å²) in [6.45, 7) is 3.32. The molecule has 1 aliphatic rings. The molecule has 0 aromatic heterocycles. The van der Waals surface area contributed by atoms with Gasteiger partial charge in [-0.3, -0.25) is 14.5 Å². The predicted octanol–water partition coefficient (Wildman–Crippen LogP) is 2.91. The molecule has 30 heavy (non-hydrogen) atoms. The number of ether oxygens (including phenoxy) is 1. The van der Waals surface area contributed by atoms with E-state index < -0.39 is 0 Å². The van der Waals surface area contributed by atoms with Crippen molar-refractivity contribution in [1.82, 2.24) is 15.5 Å². The van der Waals surface area contributed by atoms with Crippen LogP contribution in [0.15, 0.2) is 42.5 Å². The Morgan fingerprint density at radius 1 is 1.13 bits per heavy atom. The minimum Gasteiger partial charge on any atom is -0.374 e. The molecule has 2 aromatic carbocycles. The Labute approximate surface area is 186 Å². The first-order valence-electron chi connectivity index (χ1n) is 9.80. The van der Waals surface area contributed by atoms with Gasteiger partial charge < -0.3 is 15.4 Å². The number of rotatable bonds is 7. The van der Waals surface area contributed by atoms with Crippen LogP contribution in [0.5, 0.6) is 0 Å². The molecule has 0 unspecified atom stereocenters. The first kappa shape index (κ1) is 22.6. The number of nitrogens with zero attached hydrogens (tertiary/aromatic N) is 1. The van der Waals surface area contributed by atoms with Crippen molar-refractivity contribution >= 4 is 35.0 Å². The molecular formula is C22H25Cl2N3O3. The lowest BCUT2D eigenvalue weighted by Gasteiger charge is -2.33. The van der Waals surface area contributed by atoms with Crippen molar-refractivity contribution in [2.24, 2.45) is 0 Å². The third-order valence-corrected chi connectivity index (χ3v) is 5.66. The number of benzene rings is 2. The average molecular weight is 450 g/mol. The van der Waals surface area contributed by atoms with E-state index in [1.54, 1.807) is 31.3 Å². The molecule has 0 saturated carbocycles. The molecule has 2 N–H and O–H groups in total. The van der Waals surface area contributed by atoms with Crippen molar-refractivity contribution in [3.05, 3.63) is 69.2 Å². The Hall–Kier alpha value is -2.12. The Morgan fingerprint density at radius 2 is 1.97 bits per heavy atom. The van der Waals surface area contributed by atoms with Gasteiger partial charge in [-0.25, -0.2) is 0 Å². The highest BCUT2D eigenvalue weighted by atomic mass is 35.5. The molecule has 160 valence electrons. The number of carbonyl (C=O) groups excluding carboxylic acids is 2. The van der Waals surface area contributed by atoms with E-state index in [2.05, 4.69) is 15.5 Å². The highest BCUT2D eigenvalue weighted by Crippen LogP contribution is 2.23. The quantitative estimate of drug-likeness (QED) is 0.681. The highest BCUT2D eigenvalue weighted by Gasteiger charge is 2.21. The van der Waals surface area contributed by atoms with Crippen molar-refractivity contribution in [1.29, 1.82) is 0 Å². The zero-order chi connectivity index (χ0) is 21.5. The number of hydrogen-bond donors (Lipinski definition) is 2. The summed E-state index contributed by atoms with van der Waals surface area (Å²) in [5, 5.41) is 6.61. The second kappa shape index (κ2) is 10.8. The standard InChI is InChI=1S/C22H25Cl2N3O3/c1-25-22(29)17-4-2-3-15(9-17)11-21(28)26-12-18-14-27(7-8-30-18)13-16-5-6-19(23)20(24)10-16/h2-6,9-10,18H,7-8,11-14H2,1H3,(H,25,29)(H,26,28)/t18-/m0/s1. The van der Waals surface area contributed by atoms with E-state index in [0.29, 0.717) is 35.3 Å². The molecule has 1 aliphatic heterocycles. The topological polar surface area (TPSA) is 70.7 Å². The molecule has 1 fully saturated rings. The second-order valence-electron chi connectivity index (χ2n) is 7.24. The SMILES string of the molecule is CNC(=O)c1cccc(CC(=O)NC[C@H]2CN(Cc3ccc(Cl)c(Cl)c3)CCO2)c1. The molecule has 0 aliphatic carbocycles. The first-order chi connectivity index (χ1) is 14.4. The van der Waals surface area contributed by atoms with Crippen molar-refractivity contribution in [2.45, 2.75) is 19.1 Å². The summed E-state index contributed by atoms with van der Waals surface area (Å²) in [5.41, 5.74) is 2.42. The maximum atomic E-state index is 12.3. The minimum atomic E-state index is -0.171. The number of amides is 2. The van der Waals surface area contributed by atoms with Crippen molar-refractivity contribution in [3.63, 3.8) is 0 Å². The van der Waals surface area contributed by atoms with Crippen LogP contribution in [0.1, 0.15) is 21.5 Å². The monoisotopic (exact) mass is 449 g/mol. The van der Waals surface area contributed by atoms with Gasteiger partial charge in [-0.1, -0.05) is 41.4 Å². The number of hydrogen-bond acceptors (Lipinski definition) is 4. The van der Waals surface area contributed by atoms with Crippen molar-refractivity contribution in [2.75, 3.05) is 33.3 Å². The minimum absolute atomic E-state index is 0.0809. The first-order valence-corrected chi connectivity index (χ1v) is 10.6. The molecule has 0 spiro atoms. The van der Waals surface area contributed by atoms with Crippen LogP contribution in [0.3, 0.4) is 0 Å². The van der Waals surface area contributed by atoms with E-state index in [-0.39, 0.29) is 24.3 Å². The molecule has 0 radical (unpaired) electrons. The maximum Gasteiger partial charge on any atom is 0.251 e. The van der Waals surface area contributed by atoms with Gasteiger partial charge in [0.15, 0.2) is 0 Å². The molecular weight excluding hydrogens is 425 g/mol. The van der Waals surface area contributed by atoms with E-state index in [9.17, 15) is 9.59 Å². The third kappa shape index (κ3) is 6.44. The Kier molecular flexibility index (Phi) is 8.10. The molecule has 1 heterocycles. The number of nitrogens with one attached hydrogen (secondary N) is 2. The van der Waals surface area contributed by atoms with E-state index in [4.69, 9.17) is 27.9 Å². The molecule has 0 bridgehead atoms. The molecule has 1 atom stereocenters. The van der Waals surface area contributed by atoms with E-state index in [1.165, 1.54) is 0 Å². The van der Waals surface area contributed by atoms with Gasteiger partial charge in [0.2, 0.25) is 5.91 Å². The molecule has 2 aromatic rings. The van der Waals surface area contributed by atoms with Crippen LogP contribution < -0.4 is 10.6 Å². The van der Waals surface area contributed by atoms with Gasteiger partial charge in [-0.2, -0.15) is 0 Å². The lowest BCUT2D eigenvalue weighted by atomic mass is 10.1. The van der Waals surface area contributed by atoms with Gasteiger partial charge in [0.05, 0.1) is 29.2 Å². The fraction of sp³-hybridized carbons (Fsp3) is 0.364. The van der Waals surface area contributed by atoms with Crippen LogP contribution in [-0.4, -0.2) is 56.1 Å².